The van der Waals surface area contributed by atoms with Crippen LogP contribution in [0.1, 0.15) is 18.4 Å². The Balaban J connectivity index is 1.91. The number of rotatable bonds is 4. The summed E-state index contributed by atoms with van der Waals surface area (Å²) in [7, 11) is 4.01. The molecule has 3 heterocycles. The lowest BCUT2D eigenvalue weighted by Crippen LogP contribution is -2.32. The summed E-state index contributed by atoms with van der Waals surface area (Å²) in [6.45, 7) is 2.16. The molecule has 2 aromatic rings. The molecule has 4 N–H and O–H groups in total. The van der Waals surface area contributed by atoms with Crippen molar-refractivity contribution in [2.24, 2.45) is 10.7 Å². The van der Waals surface area contributed by atoms with Gasteiger partial charge < -0.3 is 20.9 Å². The van der Waals surface area contributed by atoms with Crippen LogP contribution in [0.5, 0.6) is 0 Å². The minimum absolute atomic E-state index is 0.349. The van der Waals surface area contributed by atoms with E-state index in [-0.39, 0.29) is 0 Å². The second-order valence-electron chi connectivity index (χ2n) is 6.09. The molecule has 1 aliphatic heterocycles. The fraction of sp³-hybridized carbons (Fsp3) is 0.412. The molecule has 0 atom stereocenters. The molecule has 128 valence electrons. The summed E-state index contributed by atoms with van der Waals surface area (Å²) in [4.78, 5) is 14.6. The Labute approximate surface area is 146 Å². The molecule has 3 rings (SSSR count). The summed E-state index contributed by atoms with van der Waals surface area (Å²) in [5.41, 5.74) is 9.25. The van der Waals surface area contributed by atoms with Gasteiger partial charge in [0.05, 0.1) is 22.1 Å². The van der Waals surface area contributed by atoms with E-state index in [1.54, 1.807) is 18.6 Å². The van der Waals surface area contributed by atoms with Crippen LogP contribution in [0.15, 0.2) is 23.6 Å². The maximum atomic E-state index is 6.29. The van der Waals surface area contributed by atoms with E-state index >= 15 is 0 Å². The Kier molecular flexibility index (Phi) is 5.06. The summed E-state index contributed by atoms with van der Waals surface area (Å²) in [5, 5.41) is 4.71. The molecule has 2 aromatic heterocycles. The summed E-state index contributed by atoms with van der Waals surface area (Å²) >= 11 is 6.29. The van der Waals surface area contributed by atoms with Gasteiger partial charge in [-0.1, -0.05) is 11.6 Å². The smallest absolute Gasteiger partial charge is 0.140 e. The van der Waals surface area contributed by atoms with E-state index in [1.807, 2.05) is 13.3 Å². The number of nitrogens with two attached hydrogens (primary N) is 1. The van der Waals surface area contributed by atoms with Crippen molar-refractivity contribution in [2.75, 3.05) is 32.5 Å². The van der Waals surface area contributed by atoms with Crippen LogP contribution >= 0.6 is 11.6 Å². The number of pyridine rings is 1. The lowest BCUT2D eigenvalue weighted by molar-refractivity contribution is 0.257. The molecule has 0 amide bonds. The molecular weight excluding hydrogens is 324 g/mol. The second kappa shape index (κ2) is 7.23. The third-order valence-corrected chi connectivity index (χ3v) is 4.80. The highest BCUT2D eigenvalue weighted by Crippen LogP contribution is 2.34. The molecule has 1 saturated heterocycles. The van der Waals surface area contributed by atoms with Gasteiger partial charge in [0.25, 0.3) is 0 Å². The van der Waals surface area contributed by atoms with E-state index in [2.05, 4.69) is 27.2 Å². The summed E-state index contributed by atoms with van der Waals surface area (Å²) < 4.78 is 0. The van der Waals surface area contributed by atoms with Crippen LogP contribution in [0, 0.1) is 0 Å². The van der Waals surface area contributed by atoms with Crippen LogP contribution in [0.25, 0.3) is 16.6 Å². The molecule has 0 saturated carbocycles. The van der Waals surface area contributed by atoms with Crippen LogP contribution in [0.3, 0.4) is 0 Å². The molecule has 0 aliphatic carbocycles. The quantitative estimate of drug-likeness (QED) is 0.743. The fourth-order valence-corrected chi connectivity index (χ4v) is 3.31. The minimum atomic E-state index is 0.349. The van der Waals surface area contributed by atoms with Crippen molar-refractivity contribution in [1.29, 1.82) is 0 Å². The van der Waals surface area contributed by atoms with Gasteiger partial charge in [0.15, 0.2) is 0 Å². The summed E-state index contributed by atoms with van der Waals surface area (Å²) in [5.74, 6) is 0. The molecule has 0 aromatic carbocycles. The van der Waals surface area contributed by atoms with Gasteiger partial charge in [-0.15, -0.1) is 0 Å². The topological polar surface area (TPSA) is 82.3 Å². The van der Waals surface area contributed by atoms with E-state index in [0.717, 1.165) is 53.8 Å². The van der Waals surface area contributed by atoms with Gasteiger partial charge in [-0.3, -0.25) is 4.99 Å². The van der Waals surface area contributed by atoms with Gasteiger partial charge in [0.1, 0.15) is 5.65 Å². The lowest BCUT2D eigenvalue weighted by Gasteiger charge is -2.26. The number of H-pyrrole nitrogens is 1. The number of fused-ring (bicyclic) bond motifs is 1. The Morgan fingerprint density at radius 3 is 2.92 bits per heavy atom. The van der Waals surface area contributed by atoms with Crippen molar-refractivity contribution in [3.05, 3.63) is 29.2 Å². The van der Waals surface area contributed by atoms with Crippen molar-refractivity contribution >= 4 is 40.1 Å². The average molecular weight is 347 g/mol. The fourth-order valence-electron chi connectivity index (χ4n) is 3.07. The molecule has 0 unspecified atom stereocenters. The molecular formula is C17H23ClN6. The van der Waals surface area contributed by atoms with E-state index in [0.29, 0.717) is 11.1 Å². The molecule has 6 nitrogen and oxygen atoms in total. The number of nitrogens with zero attached hydrogens (tertiary/aromatic N) is 3. The van der Waals surface area contributed by atoms with Gasteiger partial charge in [0, 0.05) is 43.0 Å². The van der Waals surface area contributed by atoms with Crippen molar-refractivity contribution in [1.82, 2.24) is 14.9 Å². The zero-order valence-electron chi connectivity index (χ0n) is 14.0. The summed E-state index contributed by atoms with van der Waals surface area (Å²) in [6.07, 6.45) is 9.11. The number of anilines is 1. The predicted octanol–water partition coefficient (Wildman–Crippen LogP) is 2.72. The first-order valence-corrected chi connectivity index (χ1v) is 8.49. The first-order valence-electron chi connectivity index (χ1n) is 8.11. The van der Waals surface area contributed by atoms with Crippen LogP contribution in [-0.2, 0) is 0 Å². The van der Waals surface area contributed by atoms with Gasteiger partial charge >= 0.3 is 0 Å². The highest BCUT2D eigenvalue weighted by molar-refractivity contribution is 6.37. The monoisotopic (exact) mass is 346 g/mol. The van der Waals surface area contributed by atoms with Gasteiger partial charge in [-0.05, 0) is 33.0 Å². The highest BCUT2D eigenvalue weighted by Gasteiger charge is 2.17. The number of allylic oxidation sites excluding steroid dienone is 1. The standard InChI is InChI=1S/C17H23ClN6/c1-20-16-13(9-22-17-15(16)14(18)10-23-17)11(7-19)8-21-12-3-5-24(2)6-4-12/h7-10,12H,3-6,19H2,1-2H3,(H2,20,22,23)/b11-7+,21-8?. The van der Waals surface area contributed by atoms with Crippen LogP contribution < -0.4 is 11.1 Å². The second-order valence-corrected chi connectivity index (χ2v) is 6.50. The molecule has 0 spiro atoms. The summed E-state index contributed by atoms with van der Waals surface area (Å²) in [6, 6.07) is 0.349. The largest absolute Gasteiger partial charge is 0.404 e. The highest BCUT2D eigenvalue weighted by atomic mass is 35.5. The Morgan fingerprint density at radius 2 is 2.25 bits per heavy atom. The minimum Gasteiger partial charge on any atom is -0.404 e. The number of aromatic amines is 1. The number of hydrogen-bond donors (Lipinski definition) is 3. The SMILES string of the molecule is CNc1c(/C(C=NC2CCN(C)CC2)=C/N)cnc2[nH]cc(Cl)c12. The first-order chi connectivity index (χ1) is 11.6. The zero-order valence-corrected chi connectivity index (χ0v) is 14.8. The first kappa shape index (κ1) is 16.8. The van der Waals surface area contributed by atoms with E-state index < -0.39 is 0 Å². The number of nitrogens with one attached hydrogen (secondary N) is 2. The van der Waals surface area contributed by atoms with E-state index in [9.17, 15) is 0 Å². The van der Waals surface area contributed by atoms with Crippen molar-refractivity contribution in [3.63, 3.8) is 0 Å². The number of aromatic nitrogens is 2. The Bertz CT molecular complexity index is 771. The van der Waals surface area contributed by atoms with Crippen LogP contribution in [0.2, 0.25) is 5.02 Å². The molecule has 1 fully saturated rings. The van der Waals surface area contributed by atoms with Gasteiger partial charge in [-0.2, -0.15) is 0 Å². The Morgan fingerprint density at radius 1 is 1.50 bits per heavy atom. The number of likely N-dealkylation sites (tertiary alicyclic amines) is 1. The normalized spacial score (nSPS) is 17.9. The predicted molar refractivity (Wildman–Crippen MR) is 102 cm³/mol. The van der Waals surface area contributed by atoms with Crippen LogP contribution in [-0.4, -0.2) is 54.3 Å². The third-order valence-electron chi connectivity index (χ3n) is 4.51. The third kappa shape index (κ3) is 3.25. The number of hydrogen-bond acceptors (Lipinski definition) is 5. The van der Waals surface area contributed by atoms with Crippen LogP contribution in [0.4, 0.5) is 5.69 Å². The van der Waals surface area contributed by atoms with Crippen molar-refractivity contribution in [2.45, 2.75) is 18.9 Å². The number of halogens is 1. The molecule has 0 radical (unpaired) electrons. The van der Waals surface area contributed by atoms with E-state index in [4.69, 9.17) is 22.3 Å². The average Bonchev–Trinajstić information content (AvgIpc) is 2.98. The maximum absolute atomic E-state index is 6.29. The zero-order chi connectivity index (χ0) is 17.1. The van der Waals surface area contributed by atoms with E-state index in [1.165, 1.54) is 0 Å². The molecule has 7 heteroatoms. The number of aliphatic imine (C=N–C) groups is 1. The number of piperidine rings is 1. The van der Waals surface area contributed by atoms with Gasteiger partial charge in [0.2, 0.25) is 0 Å². The van der Waals surface area contributed by atoms with Gasteiger partial charge in [-0.25, -0.2) is 4.98 Å². The molecule has 1 aliphatic rings. The van der Waals surface area contributed by atoms with Crippen molar-refractivity contribution in [3.8, 4) is 0 Å². The molecule has 24 heavy (non-hydrogen) atoms. The lowest BCUT2D eigenvalue weighted by atomic mass is 10.0. The van der Waals surface area contributed by atoms with Crippen molar-refractivity contribution < 1.29 is 0 Å². The Hall–Kier alpha value is -2.05. The maximum Gasteiger partial charge on any atom is 0.140 e. The molecule has 0 bridgehead atoms.